The molecule has 0 bridgehead atoms. The van der Waals surface area contributed by atoms with Crippen molar-refractivity contribution in [1.29, 1.82) is 0 Å². The quantitative estimate of drug-likeness (QED) is 0.374. The average molecular weight is 214 g/mol. The fraction of sp³-hybridized carbons (Fsp3) is 0. The molecule has 0 heterocycles. The van der Waals surface area contributed by atoms with Gasteiger partial charge in [0.25, 0.3) is 0 Å². The Morgan fingerprint density at radius 2 is 1.22 bits per heavy atom. The van der Waals surface area contributed by atoms with Crippen LogP contribution in [0.3, 0.4) is 0 Å². The molecule has 0 aliphatic rings. The SMILES string of the molecule is O=C([O-])[O-].[Ca+2].[F-].[Mn+2].[Na+].[OH-]. The van der Waals surface area contributed by atoms with Gasteiger partial charge in [0.1, 0.15) is 0 Å². The van der Waals surface area contributed by atoms with Crippen LogP contribution in [0.1, 0.15) is 0 Å². The second-order valence-electron chi connectivity index (χ2n) is 0.250. The molecule has 0 aromatic heterocycles. The number of carbonyl (C=O) groups excluding carboxylic acids is 1. The van der Waals surface area contributed by atoms with Crippen LogP contribution in [-0.4, -0.2) is 49.4 Å². The normalized spacial score (nSPS) is 2.67. The molecule has 0 saturated carbocycles. The van der Waals surface area contributed by atoms with Gasteiger partial charge in [-0.25, -0.2) is 0 Å². The van der Waals surface area contributed by atoms with E-state index in [1.807, 2.05) is 0 Å². The molecule has 0 rings (SSSR count). The number of halogens is 1. The Labute approximate surface area is 114 Å². The smallest absolute Gasteiger partial charge is 1.00 e. The Morgan fingerprint density at radius 1 is 1.22 bits per heavy atom. The molecule has 0 saturated heterocycles. The summed E-state index contributed by atoms with van der Waals surface area (Å²) in [6, 6.07) is 0. The number of hydrogen-bond acceptors (Lipinski definition) is 4. The van der Waals surface area contributed by atoms with Crippen molar-refractivity contribution in [2.24, 2.45) is 0 Å². The van der Waals surface area contributed by atoms with Crippen molar-refractivity contribution in [2.45, 2.75) is 0 Å². The van der Waals surface area contributed by atoms with Gasteiger partial charge in [0.15, 0.2) is 0 Å². The Balaban J connectivity index is -0.00000000450. The van der Waals surface area contributed by atoms with E-state index < -0.39 is 6.16 Å². The van der Waals surface area contributed by atoms with Crippen LogP contribution in [0.4, 0.5) is 4.79 Å². The fourth-order valence-electron chi connectivity index (χ4n) is 0. The maximum absolute atomic E-state index is 8.33. The second-order valence-corrected chi connectivity index (χ2v) is 0.250. The molecule has 0 spiro atoms. The maximum atomic E-state index is 8.33. The van der Waals surface area contributed by atoms with Gasteiger partial charge in [-0.2, -0.15) is 0 Å². The third-order valence-corrected chi connectivity index (χ3v) is 0. The zero-order valence-corrected chi connectivity index (χ0v) is 10.0. The first-order valence-corrected chi connectivity index (χ1v) is 0.612. The summed E-state index contributed by atoms with van der Waals surface area (Å²) in [5.41, 5.74) is 0. The molecule has 1 N–H and O–H groups in total. The van der Waals surface area contributed by atoms with E-state index in [4.69, 9.17) is 15.0 Å². The van der Waals surface area contributed by atoms with E-state index >= 15 is 0 Å². The predicted molar refractivity (Wildman–Crippen MR) is 13.1 cm³/mol. The summed E-state index contributed by atoms with van der Waals surface area (Å²) < 4.78 is 0. The van der Waals surface area contributed by atoms with Gasteiger partial charge in [-0.3, -0.25) is 0 Å². The number of rotatable bonds is 0. The molecule has 0 amide bonds. The molecule has 9 heavy (non-hydrogen) atoms. The monoisotopic (exact) mass is 214 g/mol. The zero-order valence-electron chi connectivity index (χ0n) is 4.63. The predicted octanol–water partition coefficient (Wildman–Crippen LogP) is -9.00. The van der Waals surface area contributed by atoms with E-state index in [2.05, 4.69) is 0 Å². The molecule has 0 unspecified atom stereocenters. The molecule has 0 aliphatic carbocycles. The van der Waals surface area contributed by atoms with E-state index in [0.717, 1.165) is 0 Å². The minimum Gasteiger partial charge on any atom is -1.00 e. The zero-order chi connectivity index (χ0) is 3.58. The van der Waals surface area contributed by atoms with Crippen molar-refractivity contribution in [3.05, 3.63) is 0 Å². The van der Waals surface area contributed by atoms with Gasteiger partial charge in [-0.05, 0) is 6.16 Å². The van der Waals surface area contributed by atoms with Gasteiger partial charge in [0.05, 0.1) is 0 Å². The molecule has 45 valence electrons. The van der Waals surface area contributed by atoms with Gasteiger partial charge >= 0.3 is 84.4 Å². The Morgan fingerprint density at radius 3 is 1.22 bits per heavy atom. The van der Waals surface area contributed by atoms with Crippen molar-refractivity contribution in [3.8, 4) is 0 Å². The minimum absolute atomic E-state index is 0. The standard InChI is InChI=1S/CH2O3.Ca.FH.Mn.Na.H2O/c2-1(3)4;;;;;/h(H2,2,3,4);;1H;;;1H2/q;+2;;+2;+1;/p-4. The van der Waals surface area contributed by atoms with Crippen molar-refractivity contribution in [3.63, 3.8) is 0 Å². The van der Waals surface area contributed by atoms with E-state index in [0.29, 0.717) is 0 Å². The first-order valence-electron chi connectivity index (χ1n) is 0.612. The summed E-state index contributed by atoms with van der Waals surface area (Å²) in [7, 11) is 0. The molecule has 8 heteroatoms. The topological polar surface area (TPSA) is 93.2 Å². The van der Waals surface area contributed by atoms with Gasteiger partial charge in [0, 0.05) is 0 Å². The average Bonchev–Trinajstić information content (AvgIpc) is 0.811. The number of carbonyl (C=O) groups is 1. The molecular formula is CHCaFMnNaO4+. The van der Waals surface area contributed by atoms with Crippen molar-refractivity contribution in [2.75, 3.05) is 0 Å². The minimum atomic E-state index is -2.33. The molecule has 0 atom stereocenters. The van der Waals surface area contributed by atoms with E-state index in [1.165, 1.54) is 0 Å². The molecule has 1 radical (unpaired) electrons. The summed E-state index contributed by atoms with van der Waals surface area (Å²) >= 11 is 0. The van der Waals surface area contributed by atoms with Crippen LogP contribution in [0.25, 0.3) is 0 Å². The van der Waals surface area contributed by atoms with Crippen LogP contribution in [0, 0.1) is 0 Å². The second kappa shape index (κ2) is 32.6. The molecular weight excluding hydrogens is 213 g/mol. The molecule has 4 nitrogen and oxygen atoms in total. The van der Waals surface area contributed by atoms with Crippen LogP contribution in [0.15, 0.2) is 0 Å². The fourth-order valence-corrected chi connectivity index (χ4v) is 0. The molecule has 0 aromatic carbocycles. The summed E-state index contributed by atoms with van der Waals surface area (Å²) in [6.45, 7) is 0. The van der Waals surface area contributed by atoms with Crippen LogP contribution in [0.2, 0.25) is 0 Å². The van der Waals surface area contributed by atoms with Crippen molar-refractivity contribution >= 4 is 43.9 Å². The summed E-state index contributed by atoms with van der Waals surface area (Å²) in [5.74, 6) is 0. The van der Waals surface area contributed by atoms with Crippen LogP contribution >= 0.6 is 0 Å². The third-order valence-electron chi connectivity index (χ3n) is 0. The number of carboxylic acid groups (broad SMARTS) is 2. The van der Waals surface area contributed by atoms with Gasteiger partial charge in [0.2, 0.25) is 0 Å². The first kappa shape index (κ1) is 44.3. The molecule has 0 fully saturated rings. The van der Waals surface area contributed by atoms with E-state index in [-0.39, 0.29) is 94.5 Å². The molecule has 0 aliphatic heterocycles. The third kappa shape index (κ3) is 167. The van der Waals surface area contributed by atoms with Crippen LogP contribution in [-0.2, 0) is 17.1 Å². The van der Waals surface area contributed by atoms with Gasteiger partial charge < -0.3 is 25.2 Å². The summed E-state index contributed by atoms with van der Waals surface area (Å²) in [4.78, 5) is 8.33. The van der Waals surface area contributed by atoms with Crippen LogP contribution in [0.5, 0.6) is 0 Å². The van der Waals surface area contributed by atoms with E-state index in [9.17, 15) is 0 Å². The number of hydrogen-bond donors (Lipinski definition) is 0. The van der Waals surface area contributed by atoms with Gasteiger partial charge in [-0.15, -0.1) is 0 Å². The van der Waals surface area contributed by atoms with Crippen molar-refractivity contribution in [1.82, 2.24) is 0 Å². The summed E-state index contributed by atoms with van der Waals surface area (Å²) in [5, 5.41) is 16.7. The summed E-state index contributed by atoms with van der Waals surface area (Å²) in [6.07, 6.45) is -2.33. The maximum Gasteiger partial charge on any atom is 2.00 e. The van der Waals surface area contributed by atoms with E-state index in [1.54, 1.807) is 0 Å². The Bertz CT molecular complexity index is 43.5. The van der Waals surface area contributed by atoms with Crippen molar-refractivity contribution < 1.29 is 71.8 Å². The largest absolute Gasteiger partial charge is 2.00 e. The Hall–Kier alpha value is 1.94. The van der Waals surface area contributed by atoms with Crippen LogP contribution < -0.4 is 44.5 Å². The molecule has 0 aromatic rings. The van der Waals surface area contributed by atoms with Gasteiger partial charge in [-0.1, -0.05) is 0 Å². The Kier molecular flexibility index (Phi) is 160. The first-order chi connectivity index (χ1) is 1.73.